The summed E-state index contributed by atoms with van der Waals surface area (Å²) in [6.07, 6.45) is 2.53. The molecule has 2 aromatic carbocycles. The zero-order chi connectivity index (χ0) is 24.8. The van der Waals surface area contributed by atoms with Gasteiger partial charge >= 0.3 is 7.60 Å². The highest BCUT2D eigenvalue weighted by atomic mass is 31.2. The lowest BCUT2D eigenvalue weighted by Crippen LogP contribution is -2.18. The Morgan fingerprint density at radius 2 is 1.54 bits per heavy atom. The third-order valence-electron chi connectivity index (χ3n) is 5.76. The number of fused-ring (bicyclic) bond motifs is 1. The van der Waals surface area contributed by atoms with E-state index in [0.717, 1.165) is 22.3 Å². The van der Waals surface area contributed by atoms with Crippen molar-refractivity contribution in [2.45, 2.75) is 46.6 Å². The number of imidazole rings is 1. The van der Waals surface area contributed by atoms with Crippen LogP contribution in [0.4, 0.5) is 5.82 Å². The van der Waals surface area contributed by atoms with E-state index in [2.05, 4.69) is 15.0 Å². The molecule has 0 amide bonds. The van der Waals surface area contributed by atoms with Gasteiger partial charge < -0.3 is 24.1 Å². The van der Waals surface area contributed by atoms with Crippen molar-refractivity contribution in [2.75, 3.05) is 12.1 Å². The van der Waals surface area contributed by atoms with Crippen LogP contribution in [0, 0.1) is 13.8 Å². The molecular weight excluding hydrogens is 465 g/mol. The normalized spacial score (nSPS) is 12.8. The highest BCUT2D eigenvalue weighted by molar-refractivity contribution is 7.53. The second-order valence-electron chi connectivity index (χ2n) is 8.45. The van der Waals surface area contributed by atoms with Gasteiger partial charge in [0.1, 0.15) is 18.2 Å². The summed E-state index contributed by atoms with van der Waals surface area (Å²) in [4.78, 5) is 12.5. The Balaban J connectivity index is 1.44. The number of hydrogen-bond donors (Lipinski definition) is 1. The molecule has 0 aliphatic heterocycles. The summed E-state index contributed by atoms with van der Waals surface area (Å²) < 4.78 is 33.3. The summed E-state index contributed by atoms with van der Waals surface area (Å²) >= 11 is 0. The van der Waals surface area contributed by atoms with Gasteiger partial charge in [-0.15, -0.1) is 0 Å². The fourth-order valence-electron chi connectivity index (χ4n) is 3.57. The Morgan fingerprint density at radius 3 is 2.14 bits per heavy atom. The molecule has 2 aromatic heterocycles. The van der Waals surface area contributed by atoms with E-state index in [-0.39, 0.29) is 25.7 Å². The minimum absolute atomic E-state index is 0.165. The lowest BCUT2D eigenvalue weighted by Gasteiger charge is -2.22. The number of aryl methyl sites for hydroxylation is 2. The minimum Gasteiger partial charge on any atom is -0.382 e. The molecule has 0 spiro atoms. The van der Waals surface area contributed by atoms with Gasteiger partial charge in [0.15, 0.2) is 11.5 Å². The molecule has 2 heterocycles. The summed E-state index contributed by atoms with van der Waals surface area (Å²) in [7, 11) is -3.58. The fourth-order valence-corrected chi connectivity index (χ4v) is 4.90. The molecule has 0 fully saturated rings. The lowest BCUT2D eigenvalue weighted by molar-refractivity contribution is 0.0634. The van der Waals surface area contributed by atoms with Crippen LogP contribution in [0.2, 0.25) is 0 Å². The van der Waals surface area contributed by atoms with E-state index < -0.39 is 7.60 Å². The maximum atomic E-state index is 13.7. The van der Waals surface area contributed by atoms with E-state index in [4.69, 9.17) is 19.5 Å². The van der Waals surface area contributed by atoms with Gasteiger partial charge in [-0.25, -0.2) is 15.0 Å². The Hall–Kier alpha value is -3.10. The van der Waals surface area contributed by atoms with Crippen LogP contribution in [0.25, 0.3) is 11.2 Å². The first-order chi connectivity index (χ1) is 16.8. The average molecular weight is 496 g/mol. The summed E-state index contributed by atoms with van der Waals surface area (Å²) in [5.41, 5.74) is 11.0. The van der Waals surface area contributed by atoms with Gasteiger partial charge in [-0.3, -0.25) is 4.57 Å². The van der Waals surface area contributed by atoms with Crippen LogP contribution in [-0.4, -0.2) is 32.0 Å². The van der Waals surface area contributed by atoms with Crippen molar-refractivity contribution in [3.8, 4) is 0 Å². The van der Waals surface area contributed by atoms with Crippen LogP contribution >= 0.6 is 7.60 Å². The number of nitrogen functional groups attached to an aromatic ring is 1. The number of benzene rings is 2. The smallest absolute Gasteiger partial charge is 0.356 e. The van der Waals surface area contributed by atoms with E-state index >= 15 is 0 Å². The van der Waals surface area contributed by atoms with Crippen molar-refractivity contribution in [2.24, 2.45) is 0 Å². The van der Waals surface area contributed by atoms with Crippen LogP contribution in [-0.2, 0) is 38.1 Å². The Morgan fingerprint density at radius 1 is 0.943 bits per heavy atom. The SMILES string of the molecule is Cc1ccccc1COP(=O)(CO[C@H](C)Cn1cnc2c(N)ncnc21)OCc1ccccc1C. The molecule has 4 aromatic rings. The topological polar surface area (TPSA) is 114 Å². The number of nitrogens with two attached hydrogens (primary N) is 1. The number of aromatic nitrogens is 4. The molecule has 4 rings (SSSR count). The molecule has 0 radical (unpaired) electrons. The zero-order valence-electron chi connectivity index (χ0n) is 20.1. The first-order valence-electron chi connectivity index (χ1n) is 11.3. The quantitative estimate of drug-likeness (QED) is 0.289. The number of rotatable bonds is 11. The number of hydrogen-bond acceptors (Lipinski definition) is 8. The Bertz CT molecular complexity index is 1290. The summed E-state index contributed by atoms with van der Waals surface area (Å²) in [5.74, 6) is 0.320. The molecule has 0 aliphatic rings. The average Bonchev–Trinajstić information content (AvgIpc) is 3.26. The van der Waals surface area contributed by atoms with E-state index in [0.29, 0.717) is 23.5 Å². The molecule has 0 bridgehead atoms. The van der Waals surface area contributed by atoms with Gasteiger partial charge in [-0.1, -0.05) is 48.5 Å². The maximum absolute atomic E-state index is 13.7. The first-order valence-corrected chi connectivity index (χ1v) is 13.1. The second-order valence-corrected chi connectivity index (χ2v) is 10.4. The molecule has 1 atom stereocenters. The van der Waals surface area contributed by atoms with E-state index in [1.807, 2.05) is 73.9 Å². The van der Waals surface area contributed by atoms with Crippen molar-refractivity contribution < 1.29 is 18.3 Å². The van der Waals surface area contributed by atoms with Crippen LogP contribution in [0.15, 0.2) is 61.2 Å². The van der Waals surface area contributed by atoms with Crippen molar-refractivity contribution >= 4 is 24.6 Å². The van der Waals surface area contributed by atoms with Crippen LogP contribution in [0.3, 0.4) is 0 Å². The van der Waals surface area contributed by atoms with Gasteiger partial charge in [0.2, 0.25) is 0 Å². The third-order valence-corrected chi connectivity index (χ3v) is 7.27. The monoisotopic (exact) mass is 495 g/mol. The van der Waals surface area contributed by atoms with Crippen LogP contribution in [0.1, 0.15) is 29.2 Å². The largest absolute Gasteiger partial charge is 0.382 e. The van der Waals surface area contributed by atoms with Crippen molar-refractivity contribution in [3.05, 3.63) is 83.4 Å². The Kier molecular flexibility index (Phi) is 7.93. The summed E-state index contributed by atoms with van der Waals surface area (Å²) in [6, 6.07) is 15.6. The van der Waals surface area contributed by atoms with Gasteiger partial charge in [0.25, 0.3) is 0 Å². The summed E-state index contributed by atoms with van der Waals surface area (Å²) in [5, 5.41) is 0. The van der Waals surface area contributed by atoms with Crippen LogP contribution in [0.5, 0.6) is 0 Å². The summed E-state index contributed by atoms with van der Waals surface area (Å²) in [6.45, 7) is 6.62. The maximum Gasteiger partial charge on any atom is 0.356 e. The van der Waals surface area contributed by atoms with Crippen molar-refractivity contribution in [1.82, 2.24) is 19.5 Å². The number of ether oxygens (including phenoxy) is 1. The zero-order valence-corrected chi connectivity index (χ0v) is 21.0. The highest BCUT2D eigenvalue weighted by Gasteiger charge is 2.27. The Labute approximate surface area is 204 Å². The first kappa shape index (κ1) is 25.0. The predicted molar refractivity (Wildman–Crippen MR) is 135 cm³/mol. The number of nitrogens with zero attached hydrogens (tertiary/aromatic N) is 4. The number of anilines is 1. The standard InChI is InChI=1S/C25H30N5O4P/c1-18-8-4-6-10-21(18)13-33-35(31,34-14-22-11-7-5-9-19(22)2)17-32-20(3)12-30-16-29-23-24(26)27-15-28-25(23)30/h4-11,15-16,20H,12-14,17H2,1-3H3,(H2,26,27,28)/t20-/m1/s1. The van der Waals surface area contributed by atoms with E-state index in [1.54, 1.807) is 6.33 Å². The van der Waals surface area contributed by atoms with Gasteiger partial charge in [-0.05, 0) is 43.0 Å². The second kappa shape index (κ2) is 11.1. The minimum atomic E-state index is -3.58. The molecule has 0 unspecified atom stereocenters. The van der Waals surface area contributed by atoms with Gasteiger partial charge in [0, 0.05) is 0 Å². The molecule has 0 aliphatic carbocycles. The molecular formula is C25H30N5O4P. The van der Waals surface area contributed by atoms with Crippen molar-refractivity contribution in [1.29, 1.82) is 0 Å². The lowest BCUT2D eigenvalue weighted by atomic mass is 10.1. The molecule has 2 N–H and O–H groups in total. The van der Waals surface area contributed by atoms with Gasteiger partial charge in [-0.2, -0.15) is 0 Å². The predicted octanol–water partition coefficient (Wildman–Crippen LogP) is 5.01. The molecule has 35 heavy (non-hydrogen) atoms. The van der Waals surface area contributed by atoms with Crippen LogP contribution < -0.4 is 5.73 Å². The van der Waals surface area contributed by atoms with E-state index in [9.17, 15) is 4.57 Å². The third kappa shape index (κ3) is 6.32. The fraction of sp³-hybridized carbons (Fsp3) is 0.320. The molecule has 9 nitrogen and oxygen atoms in total. The van der Waals surface area contributed by atoms with Gasteiger partial charge in [0.05, 0.1) is 32.2 Å². The highest BCUT2D eigenvalue weighted by Crippen LogP contribution is 2.50. The molecule has 10 heteroatoms. The van der Waals surface area contributed by atoms with Crippen molar-refractivity contribution in [3.63, 3.8) is 0 Å². The molecule has 184 valence electrons. The van der Waals surface area contributed by atoms with E-state index in [1.165, 1.54) is 6.33 Å². The molecule has 0 saturated heterocycles. The molecule has 0 saturated carbocycles.